The topological polar surface area (TPSA) is 39.2 Å². The quantitative estimate of drug-likeness (QED) is 0.0855. The van der Waals surface area contributed by atoms with Crippen molar-refractivity contribution in [2.75, 3.05) is 0 Å². The van der Waals surface area contributed by atoms with Gasteiger partial charge < -0.3 is 4.74 Å². The van der Waals surface area contributed by atoms with Gasteiger partial charge in [0.05, 0.1) is 0 Å². The summed E-state index contributed by atoms with van der Waals surface area (Å²) in [5.74, 6) is -0.0973. The van der Waals surface area contributed by atoms with Gasteiger partial charge in [0, 0.05) is 24.4 Å². The van der Waals surface area contributed by atoms with Gasteiger partial charge >= 0.3 is 5.97 Å². The molecule has 1 rings (SSSR count). The first kappa shape index (κ1) is 30.4. The zero-order valence-electron chi connectivity index (χ0n) is 22.3. The van der Waals surface area contributed by atoms with Gasteiger partial charge in [0.15, 0.2) is 0 Å². The maximum Gasteiger partial charge on any atom is 0.306 e. The van der Waals surface area contributed by atoms with Crippen molar-refractivity contribution >= 4 is 5.97 Å². The maximum atomic E-state index is 11.8. The summed E-state index contributed by atoms with van der Waals surface area (Å²) < 4.78 is 5.29. The van der Waals surface area contributed by atoms with E-state index in [2.05, 4.69) is 24.1 Å². The van der Waals surface area contributed by atoms with Gasteiger partial charge in [0.1, 0.15) is 6.61 Å². The average Bonchev–Trinajstić information content (AvgIpc) is 2.86. The van der Waals surface area contributed by atoms with Gasteiger partial charge in [0.2, 0.25) is 0 Å². The van der Waals surface area contributed by atoms with Crippen LogP contribution in [0.1, 0.15) is 147 Å². The molecule has 0 atom stereocenters. The Kier molecular flexibility index (Phi) is 21.9. The summed E-state index contributed by atoms with van der Waals surface area (Å²) in [5, 5.41) is 0. The molecule has 0 saturated carbocycles. The summed E-state index contributed by atoms with van der Waals surface area (Å²) in [5.41, 5.74) is 0.943. The second kappa shape index (κ2) is 24.5. The molecule has 0 fully saturated rings. The Morgan fingerprint density at radius 2 is 1.24 bits per heavy atom. The first-order valence-corrected chi connectivity index (χ1v) is 14.5. The van der Waals surface area contributed by atoms with Gasteiger partial charge in [-0.3, -0.25) is 9.78 Å². The van der Waals surface area contributed by atoms with Crippen molar-refractivity contribution in [2.24, 2.45) is 0 Å². The first-order valence-electron chi connectivity index (χ1n) is 14.5. The second-order valence-corrected chi connectivity index (χ2v) is 9.83. The summed E-state index contributed by atoms with van der Waals surface area (Å²) in [6, 6.07) is 3.78. The molecule has 0 aliphatic heterocycles. The number of ether oxygens (including phenoxy) is 1. The molecule has 0 spiro atoms. The van der Waals surface area contributed by atoms with E-state index in [0.717, 1.165) is 18.4 Å². The summed E-state index contributed by atoms with van der Waals surface area (Å²) in [4.78, 5) is 15.8. The normalized spacial score (nSPS) is 11.3. The maximum absolute atomic E-state index is 11.8. The van der Waals surface area contributed by atoms with E-state index in [1.165, 1.54) is 116 Å². The number of rotatable bonds is 24. The Labute approximate surface area is 211 Å². The minimum absolute atomic E-state index is 0.0973. The SMILES string of the molecule is CCCCCCCCCCCCCCC/C=C\CCCCCCCC(=O)OCc1cccnc1. The number of nitrogens with zero attached hydrogens (tertiary/aromatic N) is 1. The van der Waals surface area contributed by atoms with Crippen LogP contribution in [0.15, 0.2) is 36.7 Å². The number of unbranched alkanes of at least 4 members (excludes halogenated alkanes) is 18. The van der Waals surface area contributed by atoms with Crippen LogP contribution in [0.25, 0.3) is 0 Å². The molecule has 0 N–H and O–H groups in total. The molecule has 0 bridgehead atoms. The highest BCUT2D eigenvalue weighted by molar-refractivity contribution is 5.69. The fourth-order valence-electron chi connectivity index (χ4n) is 4.30. The smallest absolute Gasteiger partial charge is 0.306 e. The van der Waals surface area contributed by atoms with Gasteiger partial charge in [-0.2, -0.15) is 0 Å². The Balaban J connectivity index is 1.74. The monoisotopic (exact) mass is 471 g/mol. The molecule has 1 heterocycles. The van der Waals surface area contributed by atoms with Crippen molar-refractivity contribution in [2.45, 2.75) is 148 Å². The van der Waals surface area contributed by atoms with E-state index in [0.29, 0.717) is 13.0 Å². The van der Waals surface area contributed by atoms with Crippen LogP contribution >= 0.6 is 0 Å². The van der Waals surface area contributed by atoms with Crippen molar-refractivity contribution in [1.82, 2.24) is 4.98 Å². The Bertz CT molecular complexity index is 584. The van der Waals surface area contributed by atoms with E-state index in [1.807, 2.05) is 12.1 Å². The third kappa shape index (κ3) is 20.9. The zero-order chi connectivity index (χ0) is 24.4. The van der Waals surface area contributed by atoms with Gasteiger partial charge in [0.25, 0.3) is 0 Å². The molecule has 1 aromatic rings. The van der Waals surface area contributed by atoms with Crippen LogP contribution in [0.5, 0.6) is 0 Å². The molecule has 0 aromatic carbocycles. The molecule has 3 nitrogen and oxygen atoms in total. The van der Waals surface area contributed by atoms with Crippen LogP contribution in [0.2, 0.25) is 0 Å². The predicted octanol–water partition coefficient (Wildman–Crippen LogP) is 9.89. The molecule has 0 amide bonds. The summed E-state index contributed by atoms with van der Waals surface area (Å²) in [7, 11) is 0. The Morgan fingerprint density at radius 1 is 0.735 bits per heavy atom. The number of carbonyl (C=O) groups is 1. The summed E-state index contributed by atoms with van der Waals surface area (Å²) in [6.07, 6.45) is 35.5. The van der Waals surface area contributed by atoms with Crippen LogP contribution in [0.4, 0.5) is 0 Å². The van der Waals surface area contributed by atoms with Crippen LogP contribution in [0, 0.1) is 0 Å². The number of hydrogen-bond donors (Lipinski definition) is 0. The van der Waals surface area contributed by atoms with Crippen LogP contribution in [-0.4, -0.2) is 11.0 Å². The van der Waals surface area contributed by atoms with Crippen molar-refractivity contribution in [3.05, 3.63) is 42.2 Å². The molecule has 1 aromatic heterocycles. The second-order valence-electron chi connectivity index (χ2n) is 9.83. The van der Waals surface area contributed by atoms with E-state index in [-0.39, 0.29) is 5.97 Å². The minimum Gasteiger partial charge on any atom is -0.461 e. The number of esters is 1. The molecule has 0 radical (unpaired) electrons. The number of hydrogen-bond acceptors (Lipinski definition) is 3. The molecule has 0 aliphatic carbocycles. The lowest BCUT2D eigenvalue weighted by Gasteiger charge is -2.04. The summed E-state index contributed by atoms with van der Waals surface area (Å²) in [6.45, 7) is 2.62. The van der Waals surface area contributed by atoms with Crippen molar-refractivity contribution in [1.29, 1.82) is 0 Å². The minimum atomic E-state index is -0.0973. The highest BCUT2D eigenvalue weighted by Crippen LogP contribution is 2.13. The lowest BCUT2D eigenvalue weighted by molar-refractivity contribution is -0.145. The number of allylic oxidation sites excluding steroid dienone is 2. The fourth-order valence-corrected chi connectivity index (χ4v) is 4.30. The van der Waals surface area contributed by atoms with Gasteiger partial charge in [-0.05, 0) is 38.2 Å². The molecular weight excluding hydrogens is 418 g/mol. The van der Waals surface area contributed by atoms with Crippen LogP contribution in [0.3, 0.4) is 0 Å². The van der Waals surface area contributed by atoms with E-state index in [1.54, 1.807) is 12.4 Å². The molecule has 34 heavy (non-hydrogen) atoms. The lowest BCUT2D eigenvalue weighted by atomic mass is 10.0. The highest BCUT2D eigenvalue weighted by atomic mass is 16.5. The van der Waals surface area contributed by atoms with Crippen molar-refractivity contribution in [3.63, 3.8) is 0 Å². The van der Waals surface area contributed by atoms with Crippen molar-refractivity contribution < 1.29 is 9.53 Å². The van der Waals surface area contributed by atoms with E-state index < -0.39 is 0 Å². The average molecular weight is 472 g/mol. The van der Waals surface area contributed by atoms with Crippen LogP contribution in [-0.2, 0) is 16.1 Å². The number of pyridine rings is 1. The molecule has 0 saturated heterocycles. The third-order valence-electron chi connectivity index (χ3n) is 6.52. The highest BCUT2D eigenvalue weighted by Gasteiger charge is 2.03. The molecule has 0 unspecified atom stereocenters. The molecular formula is C31H53NO2. The van der Waals surface area contributed by atoms with E-state index in [9.17, 15) is 4.79 Å². The number of aromatic nitrogens is 1. The fraction of sp³-hybridized carbons (Fsp3) is 0.742. The standard InChI is InChI=1S/C31H53NO2/c1-2-3-4-5-6-7-8-9-10-11-12-13-14-15-16-17-18-19-20-21-22-23-26-31(33)34-29-30-25-24-27-32-28-30/h16-17,24-25,27-28H,2-15,18-23,26,29H2,1H3/b17-16-. The van der Waals surface area contributed by atoms with Gasteiger partial charge in [-0.25, -0.2) is 0 Å². The van der Waals surface area contributed by atoms with E-state index >= 15 is 0 Å². The zero-order valence-corrected chi connectivity index (χ0v) is 22.3. The first-order chi connectivity index (χ1) is 16.8. The Hall–Kier alpha value is -1.64. The summed E-state index contributed by atoms with van der Waals surface area (Å²) >= 11 is 0. The van der Waals surface area contributed by atoms with Crippen LogP contribution < -0.4 is 0 Å². The molecule has 194 valence electrons. The largest absolute Gasteiger partial charge is 0.461 e. The van der Waals surface area contributed by atoms with Crippen molar-refractivity contribution in [3.8, 4) is 0 Å². The third-order valence-corrected chi connectivity index (χ3v) is 6.52. The predicted molar refractivity (Wildman–Crippen MR) is 146 cm³/mol. The van der Waals surface area contributed by atoms with Gasteiger partial charge in [-0.1, -0.05) is 121 Å². The van der Waals surface area contributed by atoms with Gasteiger partial charge in [-0.15, -0.1) is 0 Å². The van der Waals surface area contributed by atoms with E-state index in [4.69, 9.17) is 4.74 Å². The molecule has 0 aliphatic rings. The lowest BCUT2D eigenvalue weighted by Crippen LogP contribution is -2.04. The number of carbonyl (C=O) groups excluding carboxylic acids is 1. The molecule has 3 heteroatoms. The Morgan fingerprint density at radius 3 is 1.74 bits per heavy atom.